The minimum Gasteiger partial charge on any atom is -0.462 e. The number of amides is 1. The van der Waals surface area contributed by atoms with Crippen molar-refractivity contribution in [3.8, 4) is 0 Å². The summed E-state index contributed by atoms with van der Waals surface area (Å²) in [6, 6.07) is 6.62. The number of anilines is 1. The van der Waals surface area contributed by atoms with Crippen LogP contribution in [0.1, 0.15) is 38.1 Å². The molecule has 5 heteroatoms. The van der Waals surface area contributed by atoms with Gasteiger partial charge in [-0.2, -0.15) is 0 Å². The Morgan fingerprint density at radius 1 is 1.14 bits per heavy atom. The van der Waals surface area contributed by atoms with E-state index in [1.807, 2.05) is 6.92 Å². The molecule has 0 heterocycles. The number of quaternary nitrogens is 1. The van der Waals surface area contributed by atoms with Gasteiger partial charge in [-0.25, -0.2) is 4.79 Å². The highest BCUT2D eigenvalue weighted by Gasteiger charge is 2.31. The first-order chi connectivity index (χ1) is 10.4. The Labute approximate surface area is 132 Å². The summed E-state index contributed by atoms with van der Waals surface area (Å²) in [5, 5.41) is 2.91. The Kier molecular flexibility index (Phi) is 6.56. The number of nitrogens with zero attached hydrogens (tertiary/aromatic N) is 1. The zero-order valence-corrected chi connectivity index (χ0v) is 14.2. The van der Waals surface area contributed by atoms with Crippen molar-refractivity contribution in [2.45, 2.75) is 33.7 Å². The van der Waals surface area contributed by atoms with Crippen LogP contribution >= 0.6 is 0 Å². The molecule has 0 aliphatic heterocycles. The van der Waals surface area contributed by atoms with Crippen LogP contribution in [0, 0.1) is 0 Å². The molecule has 1 unspecified atom stereocenters. The Balaban J connectivity index is 2.75. The zero-order valence-electron chi connectivity index (χ0n) is 14.2. The van der Waals surface area contributed by atoms with Gasteiger partial charge < -0.3 is 14.5 Å². The van der Waals surface area contributed by atoms with Crippen molar-refractivity contribution in [2.24, 2.45) is 0 Å². The van der Waals surface area contributed by atoms with Crippen LogP contribution in [0.15, 0.2) is 24.3 Å². The van der Waals surface area contributed by atoms with E-state index in [1.165, 1.54) is 0 Å². The molecule has 1 aromatic rings. The molecule has 1 amide bonds. The molecule has 0 bridgehead atoms. The smallest absolute Gasteiger partial charge is 0.338 e. The Morgan fingerprint density at radius 3 is 2.14 bits per heavy atom. The van der Waals surface area contributed by atoms with Crippen molar-refractivity contribution in [3.05, 3.63) is 29.8 Å². The third-order valence-electron chi connectivity index (χ3n) is 4.42. The molecule has 0 aliphatic carbocycles. The summed E-state index contributed by atoms with van der Waals surface area (Å²) in [6.07, 6.45) is 0. The Bertz CT molecular complexity index is 507. The van der Waals surface area contributed by atoms with Crippen LogP contribution in [0.2, 0.25) is 0 Å². The van der Waals surface area contributed by atoms with Crippen molar-refractivity contribution in [1.82, 2.24) is 0 Å². The lowest BCUT2D eigenvalue weighted by Crippen LogP contribution is -2.55. The van der Waals surface area contributed by atoms with Crippen LogP contribution in [-0.4, -0.2) is 49.1 Å². The lowest BCUT2D eigenvalue weighted by Gasteiger charge is -2.37. The number of hydrogen-bond donors (Lipinski definition) is 1. The number of ether oxygens (including phenoxy) is 1. The fourth-order valence-electron chi connectivity index (χ4n) is 2.21. The van der Waals surface area contributed by atoms with Crippen molar-refractivity contribution < 1.29 is 18.8 Å². The molecule has 0 aromatic heterocycles. The van der Waals surface area contributed by atoms with E-state index in [0.29, 0.717) is 22.3 Å². The molecule has 0 fully saturated rings. The van der Waals surface area contributed by atoms with E-state index in [9.17, 15) is 9.59 Å². The highest BCUT2D eigenvalue weighted by Crippen LogP contribution is 2.15. The summed E-state index contributed by atoms with van der Waals surface area (Å²) in [5.41, 5.74) is 1.17. The number of carbonyl (C=O) groups excluding carboxylic acids is 2. The molecule has 0 aliphatic rings. The average molecular weight is 307 g/mol. The summed E-state index contributed by atoms with van der Waals surface area (Å²) >= 11 is 0. The summed E-state index contributed by atoms with van der Waals surface area (Å²) in [7, 11) is 2.08. The van der Waals surface area contributed by atoms with Gasteiger partial charge in [-0.05, 0) is 52.0 Å². The Hall–Kier alpha value is -1.88. The largest absolute Gasteiger partial charge is 0.462 e. The van der Waals surface area contributed by atoms with Crippen molar-refractivity contribution in [1.29, 1.82) is 0 Å². The zero-order chi connectivity index (χ0) is 16.8. The fraction of sp³-hybridized carbons (Fsp3) is 0.529. The molecule has 5 nitrogen and oxygen atoms in total. The summed E-state index contributed by atoms with van der Waals surface area (Å²) in [6.45, 7) is 10.0. The van der Waals surface area contributed by atoms with Crippen molar-refractivity contribution >= 4 is 17.6 Å². The number of rotatable bonds is 7. The molecular weight excluding hydrogens is 280 g/mol. The Morgan fingerprint density at radius 2 is 1.68 bits per heavy atom. The maximum absolute atomic E-state index is 12.4. The quantitative estimate of drug-likeness (QED) is 0.622. The van der Waals surface area contributed by atoms with E-state index >= 15 is 0 Å². The first-order valence-electron chi connectivity index (χ1n) is 7.80. The molecule has 0 saturated carbocycles. The number of carbonyl (C=O) groups is 2. The first-order valence-corrected chi connectivity index (χ1v) is 7.80. The number of hydrogen-bond acceptors (Lipinski definition) is 3. The topological polar surface area (TPSA) is 55.4 Å². The monoisotopic (exact) mass is 307 g/mol. The van der Waals surface area contributed by atoms with Gasteiger partial charge in [0.25, 0.3) is 5.91 Å². The molecule has 0 spiro atoms. The third-order valence-corrected chi connectivity index (χ3v) is 4.42. The van der Waals surface area contributed by atoms with E-state index in [1.54, 1.807) is 31.2 Å². The van der Waals surface area contributed by atoms with Crippen LogP contribution in [-0.2, 0) is 9.53 Å². The normalized spacial score (nSPS) is 12.6. The molecule has 0 saturated heterocycles. The van der Waals surface area contributed by atoms with E-state index in [2.05, 4.69) is 26.2 Å². The maximum Gasteiger partial charge on any atom is 0.338 e. The van der Waals surface area contributed by atoms with Gasteiger partial charge in [0.1, 0.15) is 0 Å². The second kappa shape index (κ2) is 7.94. The van der Waals surface area contributed by atoms with Crippen LogP contribution in [0.5, 0.6) is 0 Å². The predicted octanol–water partition coefficient (Wildman–Crippen LogP) is 2.68. The van der Waals surface area contributed by atoms with Crippen LogP contribution in [0.25, 0.3) is 0 Å². The minimum atomic E-state index is -0.352. The second-order valence-electron chi connectivity index (χ2n) is 5.57. The van der Waals surface area contributed by atoms with Crippen LogP contribution < -0.4 is 5.32 Å². The molecule has 1 aromatic carbocycles. The van der Waals surface area contributed by atoms with Gasteiger partial charge in [-0.15, -0.1) is 0 Å². The van der Waals surface area contributed by atoms with E-state index in [0.717, 1.165) is 13.1 Å². The molecule has 22 heavy (non-hydrogen) atoms. The highest BCUT2D eigenvalue weighted by molar-refractivity contribution is 5.95. The fourth-order valence-corrected chi connectivity index (χ4v) is 2.21. The van der Waals surface area contributed by atoms with Gasteiger partial charge in [0.05, 0.1) is 32.3 Å². The summed E-state index contributed by atoms with van der Waals surface area (Å²) in [5.74, 6) is -0.370. The number of esters is 1. The van der Waals surface area contributed by atoms with Gasteiger partial charge in [0.15, 0.2) is 6.04 Å². The van der Waals surface area contributed by atoms with E-state index < -0.39 is 0 Å². The van der Waals surface area contributed by atoms with Crippen molar-refractivity contribution in [2.75, 3.05) is 32.1 Å². The SMILES string of the molecule is CCOC(=O)c1ccc(NC(=O)C(C)[N+](C)(CC)CC)cc1. The van der Waals surface area contributed by atoms with E-state index in [-0.39, 0.29) is 17.9 Å². The highest BCUT2D eigenvalue weighted by atomic mass is 16.5. The van der Waals surface area contributed by atoms with Gasteiger partial charge in [-0.1, -0.05) is 0 Å². The molecule has 1 N–H and O–H groups in total. The van der Waals surface area contributed by atoms with Crippen molar-refractivity contribution in [3.63, 3.8) is 0 Å². The molecule has 1 atom stereocenters. The maximum atomic E-state index is 12.4. The molecule has 0 radical (unpaired) electrons. The lowest BCUT2D eigenvalue weighted by atomic mass is 10.1. The van der Waals surface area contributed by atoms with E-state index in [4.69, 9.17) is 4.74 Å². The molecular formula is C17H27N2O3+. The molecule has 1 rings (SSSR count). The number of benzene rings is 1. The lowest BCUT2D eigenvalue weighted by molar-refractivity contribution is -0.919. The second-order valence-corrected chi connectivity index (χ2v) is 5.57. The van der Waals surface area contributed by atoms with Gasteiger partial charge >= 0.3 is 5.97 Å². The molecule has 122 valence electrons. The number of likely N-dealkylation sites (N-methyl/N-ethyl adjacent to an activating group) is 1. The summed E-state index contributed by atoms with van der Waals surface area (Å²) < 4.78 is 5.62. The number of nitrogens with one attached hydrogen (secondary N) is 1. The minimum absolute atomic E-state index is 0.0184. The summed E-state index contributed by atoms with van der Waals surface area (Å²) in [4.78, 5) is 24.0. The standard InChI is InChI=1S/C17H26N2O3/c1-6-19(5,7-2)13(4)16(20)18-15-11-9-14(10-12-15)17(21)22-8-3/h9-13H,6-8H2,1-5H3/p+1. The van der Waals surface area contributed by atoms with Gasteiger partial charge in [0.2, 0.25) is 0 Å². The van der Waals surface area contributed by atoms with Crippen LogP contribution in [0.4, 0.5) is 5.69 Å². The average Bonchev–Trinajstić information content (AvgIpc) is 2.54. The van der Waals surface area contributed by atoms with Gasteiger partial charge in [-0.3, -0.25) is 4.79 Å². The first kappa shape index (κ1) is 18.2. The van der Waals surface area contributed by atoms with Gasteiger partial charge in [0, 0.05) is 5.69 Å². The van der Waals surface area contributed by atoms with Crippen LogP contribution in [0.3, 0.4) is 0 Å². The third kappa shape index (κ3) is 4.31. The predicted molar refractivity (Wildman–Crippen MR) is 87.8 cm³/mol.